The van der Waals surface area contributed by atoms with Crippen molar-refractivity contribution in [1.29, 1.82) is 0 Å². The average Bonchev–Trinajstić information content (AvgIpc) is 2.54. The molecule has 0 amide bonds. The number of phenols is 1. The first kappa shape index (κ1) is 15.6. The molecule has 0 aliphatic heterocycles. The van der Waals surface area contributed by atoms with E-state index in [1.54, 1.807) is 36.4 Å². The van der Waals surface area contributed by atoms with Gasteiger partial charge in [0.2, 0.25) is 0 Å². The number of methoxy groups -OCH3 is 1. The van der Waals surface area contributed by atoms with Crippen molar-refractivity contribution in [2.45, 2.75) is 13.5 Å². The summed E-state index contributed by atoms with van der Waals surface area (Å²) in [4.78, 5) is 23.4. The van der Waals surface area contributed by atoms with Crippen LogP contribution in [0.5, 0.6) is 5.75 Å². The third-order valence-electron chi connectivity index (χ3n) is 3.09. The highest BCUT2D eigenvalue weighted by Gasteiger charge is 2.13. The zero-order chi connectivity index (χ0) is 16.1. The van der Waals surface area contributed by atoms with E-state index in [1.165, 1.54) is 13.2 Å². The van der Waals surface area contributed by atoms with Crippen LogP contribution in [0.1, 0.15) is 31.8 Å². The van der Waals surface area contributed by atoms with Gasteiger partial charge in [-0.3, -0.25) is 0 Å². The Morgan fingerprint density at radius 1 is 1.09 bits per heavy atom. The van der Waals surface area contributed by atoms with Crippen LogP contribution in [-0.2, 0) is 16.1 Å². The molecule has 1 N–H and O–H groups in total. The lowest BCUT2D eigenvalue weighted by Gasteiger charge is -2.08. The number of aromatic hydroxyl groups is 1. The minimum atomic E-state index is -0.621. The molecule has 0 heterocycles. The summed E-state index contributed by atoms with van der Waals surface area (Å²) in [6.07, 6.45) is 0. The molecule has 0 radical (unpaired) electrons. The Hall–Kier alpha value is -2.82. The van der Waals surface area contributed by atoms with Crippen molar-refractivity contribution in [3.05, 3.63) is 64.7 Å². The Balaban J connectivity index is 2.08. The standard InChI is InChI=1S/C17H16O5/c1-11-6-7-15(18)14(8-11)17(20)22-10-12-4-3-5-13(9-12)16(19)21-2/h3-9,18H,10H2,1-2H3. The second-order valence-corrected chi connectivity index (χ2v) is 4.79. The molecule has 2 aromatic carbocycles. The van der Waals surface area contributed by atoms with Crippen molar-refractivity contribution in [3.63, 3.8) is 0 Å². The summed E-state index contributed by atoms with van der Waals surface area (Å²) < 4.78 is 9.80. The maximum absolute atomic E-state index is 12.0. The van der Waals surface area contributed by atoms with Gasteiger partial charge in [0.05, 0.1) is 12.7 Å². The van der Waals surface area contributed by atoms with Gasteiger partial charge in [-0.15, -0.1) is 0 Å². The minimum absolute atomic E-state index is 0.00293. The van der Waals surface area contributed by atoms with Crippen LogP contribution in [0.3, 0.4) is 0 Å². The topological polar surface area (TPSA) is 72.8 Å². The number of carbonyl (C=O) groups is 2. The molecule has 2 rings (SSSR count). The molecule has 2 aromatic rings. The smallest absolute Gasteiger partial charge is 0.342 e. The Kier molecular flexibility index (Phi) is 4.78. The van der Waals surface area contributed by atoms with E-state index in [1.807, 2.05) is 6.92 Å². The van der Waals surface area contributed by atoms with E-state index in [4.69, 9.17) is 4.74 Å². The number of hydrogen-bond acceptors (Lipinski definition) is 5. The van der Waals surface area contributed by atoms with Crippen molar-refractivity contribution >= 4 is 11.9 Å². The summed E-state index contributed by atoms with van der Waals surface area (Å²) in [6, 6.07) is 11.3. The van der Waals surface area contributed by atoms with E-state index in [9.17, 15) is 14.7 Å². The summed E-state index contributed by atoms with van der Waals surface area (Å²) in [7, 11) is 1.30. The molecule has 0 saturated carbocycles. The number of phenolic OH excluding ortho intramolecular Hbond substituents is 1. The van der Waals surface area contributed by atoms with Crippen LogP contribution in [-0.4, -0.2) is 24.2 Å². The first-order valence-corrected chi connectivity index (χ1v) is 6.65. The van der Waals surface area contributed by atoms with Gasteiger partial charge in [0.25, 0.3) is 0 Å². The maximum Gasteiger partial charge on any atom is 0.342 e. The van der Waals surface area contributed by atoms with Gasteiger partial charge >= 0.3 is 11.9 Å². The third-order valence-corrected chi connectivity index (χ3v) is 3.09. The largest absolute Gasteiger partial charge is 0.507 e. The average molecular weight is 300 g/mol. The highest BCUT2D eigenvalue weighted by atomic mass is 16.5. The fourth-order valence-electron chi connectivity index (χ4n) is 1.95. The molecule has 5 heteroatoms. The Morgan fingerprint density at radius 2 is 1.86 bits per heavy atom. The van der Waals surface area contributed by atoms with Gasteiger partial charge in [-0.05, 0) is 36.8 Å². The second-order valence-electron chi connectivity index (χ2n) is 4.79. The van der Waals surface area contributed by atoms with Crippen LogP contribution < -0.4 is 0 Å². The van der Waals surface area contributed by atoms with Crippen LogP contribution in [0.15, 0.2) is 42.5 Å². The van der Waals surface area contributed by atoms with Gasteiger partial charge in [0, 0.05) is 0 Å². The molecule has 0 unspecified atom stereocenters. The summed E-state index contributed by atoms with van der Waals surface area (Å²) >= 11 is 0. The quantitative estimate of drug-likeness (QED) is 0.879. The number of hydrogen-bond donors (Lipinski definition) is 1. The lowest BCUT2D eigenvalue weighted by atomic mass is 10.1. The fourth-order valence-corrected chi connectivity index (χ4v) is 1.95. The minimum Gasteiger partial charge on any atom is -0.507 e. The van der Waals surface area contributed by atoms with Gasteiger partial charge in [0.1, 0.15) is 17.9 Å². The molecule has 0 bridgehead atoms. The van der Waals surface area contributed by atoms with E-state index < -0.39 is 11.9 Å². The fraction of sp³-hybridized carbons (Fsp3) is 0.176. The molecular weight excluding hydrogens is 284 g/mol. The monoisotopic (exact) mass is 300 g/mol. The molecule has 0 aromatic heterocycles. The SMILES string of the molecule is COC(=O)c1cccc(COC(=O)c2cc(C)ccc2O)c1. The van der Waals surface area contributed by atoms with Crippen molar-refractivity contribution < 1.29 is 24.2 Å². The van der Waals surface area contributed by atoms with E-state index in [0.717, 1.165) is 5.56 Å². The first-order valence-electron chi connectivity index (χ1n) is 6.65. The normalized spacial score (nSPS) is 10.1. The molecule has 0 aliphatic carbocycles. The highest BCUT2D eigenvalue weighted by molar-refractivity contribution is 5.92. The van der Waals surface area contributed by atoms with Crippen LogP contribution in [0.4, 0.5) is 0 Å². The third kappa shape index (κ3) is 3.63. The molecule has 0 fully saturated rings. The van der Waals surface area contributed by atoms with Crippen molar-refractivity contribution in [1.82, 2.24) is 0 Å². The maximum atomic E-state index is 12.0. The second kappa shape index (κ2) is 6.76. The first-order chi connectivity index (χ1) is 10.5. The molecule has 0 spiro atoms. The predicted molar refractivity (Wildman–Crippen MR) is 79.7 cm³/mol. The molecule has 5 nitrogen and oxygen atoms in total. The van der Waals surface area contributed by atoms with Crippen LogP contribution in [0.2, 0.25) is 0 Å². The van der Waals surface area contributed by atoms with E-state index >= 15 is 0 Å². The van der Waals surface area contributed by atoms with E-state index in [-0.39, 0.29) is 17.9 Å². The summed E-state index contributed by atoms with van der Waals surface area (Å²) in [5, 5.41) is 9.69. The van der Waals surface area contributed by atoms with Crippen molar-refractivity contribution in [3.8, 4) is 5.75 Å². The number of esters is 2. The highest BCUT2D eigenvalue weighted by Crippen LogP contribution is 2.20. The van der Waals surface area contributed by atoms with Crippen LogP contribution in [0, 0.1) is 6.92 Å². The predicted octanol–water partition coefficient (Wildman–Crippen LogP) is 2.84. The Labute approximate surface area is 128 Å². The Bertz CT molecular complexity index is 706. The van der Waals surface area contributed by atoms with Gasteiger partial charge in [-0.1, -0.05) is 23.8 Å². The zero-order valence-corrected chi connectivity index (χ0v) is 12.3. The number of aryl methyl sites for hydroxylation is 1. The van der Waals surface area contributed by atoms with Gasteiger partial charge < -0.3 is 14.6 Å². The molecule has 0 saturated heterocycles. The zero-order valence-electron chi connectivity index (χ0n) is 12.3. The molecule has 0 aliphatic rings. The van der Waals surface area contributed by atoms with Gasteiger partial charge in [-0.25, -0.2) is 9.59 Å². The molecular formula is C17H16O5. The summed E-state index contributed by atoms with van der Waals surface area (Å²) in [5.74, 6) is -1.20. The van der Waals surface area contributed by atoms with Crippen molar-refractivity contribution in [2.75, 3.05) is 7.11 Å². The Morgan fingerprint density at radius 3 is 2.59 bits per heavy atom. The van der Waals surface area contributed by atoms with Gasteiger partial charge in [0.15, 0.2) is 0 Å². The number of benzene rings is 2. The van der Waals surface area contributed by atoms with E-state index in [0.29, 0.717) is 11.1 Å². The van der Waals surface area contributed by atoms with Crippen LogP contribution in [0.25, 0.3) is 0 Å². The summed E-state index contributed by atoms with van der Waals surface area (Å²) in [5.41, 5.74) is 2.00. The number of carbonyl (C=O) groups excluding carboxylic acids is 2. The van der Waals surface area contributed by atoms with Crippen molar-refractivity contribution in [2.24, 2.45) is 0 Å². The lowest BCUT2D eigenvalue weighted by molar-refractivity contribution is 0.0469. The number of rotatable bonds is 4. The van der Waals surface area contributed by atoms with Crippen LogP contribution >= 0.6 is 0 Å². The molecule has 22 heavy (non-hydrogen) atoms. The lowest BCUT2D eigenvalue weighted by Crippen LogP contribution is -2.07. The van der Waals surface area contributed by atoms with E-state index in [2.05, 4.69) is 4.74 Å². The summed E-state index contributed by atoms with van der Waals surface area (Å²) in [6.45, 7) is 1.81. The van der Waals surface area contributed by atoms with Gasteiger partial charge in [-0.2, -0.15) is 0 Å². The molecule has 114 valence electrons. The molecule has 0 atom stereocenters. The number of ether oxygens (including phenoxy) is 2.